The number of amides is 1. The summed E-state index contributed by atoms with van der Waals surface area (Å²) in [5.41, 5.74) is 2.18. The molecule has 41 heavy (non-hydrogen) atoms. The van der Waals surface area contributed by atoms with Crippen LogP contribution in [0.4, 0.5) is 5.13 Å². The van der Waals surface area contributed by atoms with Crippen LogP contribution in [0.2, 0.25) is 0 Å². The Hall–Kier alpha value is -4.18. The molecule has 214 valence electrons. The number of aliphatic hydroxyl groups is 1. The second kappa shape index (κ2) is 11.7. The van der Waals surface area contributed by atoms with Gasteiger partial charge in [0.15, 0.2) is 5.13 Å². The number of aryl methyl sites for hydroxylation is 1. The number of rotatable bonds is 9. The van der Waals surface area contributed by atoms with Crippen molar-refractivity contribution in [2.45, 2.75) is 58.6 Å². The molecule has 5 rings (SSSR count). The molecule has 1 fully saturated rings. The summed E-state index contributed by atoms with van der Waals surface area (Å²) in [5, 5.41) is 11.7. The summed E-state index contributed by atoms with van der Waals surface area (Å²) < 4.78 is 16.6. The van der Waals surface area contributed by atoms with Crippen LogP contribution in [0.25, 0.3) is 5.76 Å². The maximum absolute atomic E-state index is 13.6. The summed E-state index contributed by atoms with van der Waals surface area (Å²) in [6.07, 6.45) is 3.67. The highest BCUT2D eigenvalue weighted by Gasteiger charge is 2.48. The number of ether oxygens (including phenoxy) is 3. The number of carbonyl (C=O) groups is 3. The first-order valence-corrected chi connectivity index (χ1v) is 14.4. The summed E-state index contributed by atoms with van der Waals surface area (Å²) in [6, 6.07) is 11.3. The lowest BCUT2D eigenvalue weighted by molar-refractivity contribution is -0.132. The number of Topliss-reactive ketones (excluding diaryl/α,β-unsaturated/α-hetero) is 1. The van der Waals surface area contributed by atoms with E-state index < -0.39 is 23.7 Å². The van der Waals surface area contributed by atoms with Crippen LogP contribution >= 0.6 is 11.3 Å². The van der Waals surface area contributed by atoms with E-state index in [1.807, 2.05) is 13.0 Å². The normalized spacial score (nSPS) is 19.3. The summed E-state index contributed by atoms with van der Waals surface area (Å²) in [7, 11) is 1.27. The van der Waals surface area contributed by atoms with Crippen LogP contribution in [0.3, 0.4) is 0 Å². The molecule has 1 N–H and O–H groups in total. The molecule has 0 bridgehead atoms. The Morgan fingerprint density at radius 3 is 2.76 bits per heavy atom. The van der Waals surface area contributed by atoms with Gasteiger partial charge in [-0.1, -0.05) is 43.2 Å². The summed E-state index contributed by atoms with van der Waals surface area (Å²) in [4.78, 5) is 45.4. The van der Waals surface area contributed by atoms with Crippen molar-refractivity contribution in [1.29, 1.82) is 0 Å². The molecule has 0 radical (unpaired) electrons. The Kier molecular flexibility index (Phi) is 8.12. The minimum absolute atomic E-state index is 0.00481. The lowest BCUT2D eigenvalue weighted by Crippen LogP contribution is -2.29. The van der Waals surface area contributed by atoms with E-state index in [1.54, 1.807) is 43.3 Å². The highest BCUT2D eigenvalue weighted by atomic mass is 32.1. The number of unbranched alkanes of at least 4 members (excludes halogenated alkanes) is 2. The molecule has 2 aliphatic heterocycles. The van der Waals surface area contributed by atoms with Gasteiger partial charge in [0, 0.05) is 12.0 Å². The quantitative estimate of drug-likeness (QED) is 0.112. The van der Waals surface area contributed by atoms with Crippen molar-refractivity contribution >= 4 is 39.9 Å². The smallest absolute Gasteiger partial charge is 0.350 e. The highest BCUT2D eigenvalue weighted by Crippen LogP contribution is 2.45. The third kappa shape index (κ3) is 5.44. The number of nitrogens with zero attached hydrogens (tertiary/aromatic N) is 2. The second-order valence-corrected chi connectivity index (χ2v) is 11.1. The Morgan fingerprint density at radius 1 is 1.20 bits per heavy atom. The van der Waals surface area contributed by atoms with E-state index in [-0.39, 0.29) is 27.4 Å². The number of fused-ring (bicyclic) bond motifs is 1. The summed E-state index contributed by atoms with van der Waals surface area (Å²) in [5.74, 6) is -1.27. The molecule has 2 unspecified atom stereocenters. The zero-order chi connectivity index (χ0) is 29.3. The number of hydrogen-bond donors (Lipinski definition) is 1. The lowest BCUT2D eigenvalue weighted by atomic mass is 9.94. The van der Waals surface area contributed by atoms with E-state index in [0.717, 1.165) is 41.9 Å². The molecular formula is C31H32N2O7S. The van der Waals surface area contributed by atoms with Crippen LogP contribution in [0.15, 0.2) is 48.0 Å². The monoisotopic (exact) mass is 576 g/mol. The predicted octanol–water partition coefficient (Wildman–Crippen LogP) is 5.76. The number of anilines is 1. The number of hydrogen-bond acceptors (Lipinski definition) is 9. The van der Waals surface area contributed by atoms with Gasteiger partial charge >= 0.3 is 11.9 Å². The summed E-state index contributed by atoms with van der Waals surface area (Å²) >= 11 is 0.958. The molecule has 0 aliphatic carbocycles. The molecule has 2 atom stereocenters. The predicted molar refractivity (Wildman–Crippen MR) is 155 cm³/mol. The van der Waals surface area contributed by atoms with Crippen LogP contribution in [0.1, 0.15) is 71.2 Å². The molecule has 3 heterocycles. The molecule has 1 saturated heterocycles. The van der Waals surface area contributed by atoms with Gasteiger partial charge in [-0.15, -0.1) is 0 Å². The standard InChI is InChI=1S/C31H32N2O7S/c1-5-6-7-13-39-22-10-8-9-19(16-22)25-24(26(34)20-11-12-23-21(15-20)14-17(2)40-23)27(35)29(36)33(25)31-32-18(3)28(41-31)30(37)38-4/h8-12,15-17,25,34H,5-7,13-14H2,1-4H3. The van der Waals surface area contributed by atoms with E-state index >= 15 is 0 Å². The fourth-order valence-electron chi connectivity index (χ4n) is 5.15. The fraction of sp³-hybridized carbons (Fsp3) is 0.355. The number of methoxy groups -OCH3 is 1. The van der Waals surface area contributed by atoms with Crippen LogP contribution in [0.5, 0.6) is 11.5 Å². The molecular weight excluding hydrogens is 544 g/mol. The fourth-order valence-corrected chi connectivity index (χ4v) is 6.17. The number of benzene rings is 2. The zero-order valence-corrected chi connectivity index (χ0v) is 24.2. The average Bonchev–Trinajstić information content (AvgIpc) is 3.62. The number of aromatic nitrogens is 1. The first-order valence-electron chi connectivity index (χ1n) is 13.6. The largest absolute Gasteiger partial charge is 0.507 e. The van der Waals surface area contributed by atoms with Crippen LogP contribution < -0.4 is 14.4 Å². The number of thiazole rings is 1. The van der Waals surface area contributed by atoms with Crippen molar-refractivity contribution in [3.05, 3.63) is 75.3 Å². The molecule has 3 aromatic rings. The third-order valence-electron chi connectivity index (χ3n) is 7.17. The Labute approximate surface area is 242 Å². The SMILES string of the molecule is CCCCCOc1cccc(C2C(=C(O)c3ccc4c(c3)CC(C)O4)C(=O)C(=O)N2c2nc(C)c(C(=O)OC)s2)c1. The summed E-state index contributed by atoms with van der Waals surface area (Å²) in [6.45, 7) is 6.24. The third-order valence-corrected chi connectivity index (χ3v) is 8.30. The minimum atomic E-state index is -1.01. The van der Waals surface area contributed by atoms with Gasteiger partial charge in [0.05, 0.1) is 31.0 Å². The van der Waals surface area contributed by atoms with E-state index in [4.69, 9.17) is 14.2 Å². The Bertz CT molecular complexity index is 1540. The zero-order valence-electron chi connectivity index (χ0n) is 23.4. The lowest BCUT2D eigenvalue weighted by Gasteiger charge is -2.23. The second-order valence-electron chi connectivity index (χ2n) is 10.2. The van der Waals surface area contributed by atoms with Gasteiger partial charge in [-0.3, -0.25) is 14.5 Å². The average molecular weight is 577 g/mol. The number of aliphatic hydroxyl groups excluding tert-OH is 1. The molecule has 2 aromatic carbocycles. The maximum atomic E-state index is 13.6. The van der Waals surface area contributed by atoms with Crippen LogP contribution in [-0.4, -0.2) is 47.6 Å². The van der Waals surface area contributed by atoms with Crippen molar-refractivity contribution in [3.8, 4) is 11.5 Å². The molecule has 0 saturated carbocycles. The Morgan fingerprint density at radius 2 is 2.00 bits per heavy atom. The van der Waals surface area contributed by atoms with Crippen molar-refractivity contribution in [1.82, 2.24) is 4.98 Å². The number of esters is 1. The highest BCUT2D eigenvalue weighted by molar-refractivity contribution is 7.17. The molecule has 9 nitrogen and oxygen atoms in total. The van der Waals surface area contributed by atoms with Crippen molar-refractivity contribution in [2.24, 2.45) is 0 Å². The van der Waals surface area contributed by atoms with Gasteiger partial charge in [0.25, 0.3) is 5.78 Å². The van der Waals surface area contributed by atoms with E-state index in [9.17, 15) is 19.5 Å². The first-order chi connectivity index (χ1) is 19.7. The van der Waals surface area contributed by atoms with E-state index in [1.165, 1.54) is 12.0 Å². The van der Waals surface area contributed by atoms with Gasteiger partial charge in [0.2, 0.25) is 0 Å². The van der Waals surface area contributed by atoms with E-state index in [2.05, 4.69) is 11.9 Å². The van der Waals surface area contributed by atoms with Crippen molar-refractivity contribution < 1.29 is 33.7 Å². The van der Waals surface area contributed by atoms with Gasteiger partial charge in [-0.2, -0.15) is 0 Å². The van der Waals surface area contributed by atoms with Crippen LogP contribution in [-0.2, 0) is 20.7 Å². The molecule has 0 spiro atoms. The van der Waals surface area contributed by atoms with Crippen LogP contribution in [0, 0.1) is 6.92 Å². The van der Waals surface area contributed by atoms with Crippen molar-refractivity contribution in [3.63, 3.8) is 0 Å². The molecule has 10 heteroatoms. The van der Waals surface area contributed by atoms with Gasteiger partial charge in [-0.05, 0) is 61.7 Å². The number of ketones is 1. The molecule has 1 amide bonds. The van der Waals surface area contributed by atoms with Gasteiger partial charge in [0.1, 0.15) is 28.2 Å². The number of carbonyl (C=O) groups excluding carboxylic acids is 3. The minimum Gasteiger partial charge on any atom is -0.507 e. The van der Waals surface area contributed by atoms with Crippen molar-refractivity contribution in [2.75, 3.05) is 18.6 Å². The van der Waals surface area contributed by atoms with E-state index in [0.29, 0.717) is 35.6 Å². The Balaban J connectivity index is 1.63. The van der Waals surface area contributed by atoms with Gasteiger partial charge in [-0.25, -0.2) is 9.78 Å². The molecule has 2 aliphatic rings. The topological polar surface area (TPSA) is 115 Å². The maximum Gasteiger partial charge on any atom is 0.350 e. The first kappa shape index (κ1) is 28.4. The van der Waals surface area contributed by atoms with Gasteiger partial charge < -0.3 is 19.3 Å². The molecule has 1 aromatic heterocycles.